The van der Waals surface area contributed by atoms with E-state index in [2.05, 4.69) is 0 Å². The van der Waals surface area contributed by atoms with Crippen LogP contribution in [0, 0.1) is 13.8 Å². The fourth-order valence-corrected chi connectivity index (χ4v) is 4.54. The number of Topliss-reactive ketones (excluding diaryl/α,β-unsaturated/α-hetero) is 1. The molecule has 2 aromatic heterocycles. The minimum atomic E-state index is -0.165. The van der Waals surface area contributed by atoms with Gasteiger partial charge in [-0.2, -0.15) is 0 Å². The van der Waals surface area contributed by atoms with E-state index in [-0.39, 0.29) is 17.1 Å². The SMILES string of the molecule is CCOc1ccc(-n2c(SCC(=O)c3cc(C)n(C)c3C)nc3ccccc3c2=O)cc1. The normalized spacial score (nSPS) is 11.1. The lowest BCUT2D eigenvalue weighted by Gasteiger charge is -2.13. The molecule has 0 N–H and O–H groups in total. The Kier molecular flexibility index (Phi) is 6.19. The zero-order valence-electron chi connectivity index (χ0n) is 18.6. The highest BCUT2D eigenvalue weighted by atomic mass is 32.2. The first kappa shape index (κ1) is 21.9. The van der Waals surface area contributed by atoms with Crippen molar-refractivity contribution in [1.82, 2.24) is 14.1 Å². The number of nitrogens with zero attached hydrogens (tertiary/aromatic N) is 3. The summed E-state index contributed by atoms with van der Waals surface area (Å²) in [6, 6.07) is 16.5. The molecule has 0 aliphatic carbocycles. The summed E-state index contributed by atoms with van der Waals surface area (Å²) in [7, 11) is 1.95. The monoisotopic (exact) mass is 447 g/mol. The first-order valence-corrected chi connectivity index (χ1v) is 11.4. The van der Waals surface area contributed by atoms with Gasteiger partial charge in [0.1, 0.15) is 5.75 Å². The molecule has 0 amide bonds. The third kappa shape index (κ3) is 4.08. The Hall–Kier alpha value is -3.32. The van der Waals surface area contributed by atoms with E-state index in [1.54, 1.807) is 10.6 Å². The Morgan fingerprint density at radius 2 is 1.81 bits per heavy atom. The highest BCUT2D eigenvalue weighted by molar-refractivity contribution is 7.99. The molecule has 0 radical (unpaired) electrons. The number of fused-ring (bicyclic) bond motifs is 1. The van der Waals surface area contributed by atoms with E-state index in [4.69, 9.17) is 9.72 Å². The second-order valence-electron chi connectivity index (χ2n) is 7.53. The maximum Gasteiger partial charge on any atom is 0.266 e. The van der Waals surface area contributed by atoms with Gasteiger partial charge in [-0.1, -0.05) is 23.9 Å². The third-order valence-corrected chi connectivity index (χ3v) is 6.50. The van der Waals surface area contributed by atoms with Crippen molar-refractivity contribution in [2.24, 2.45) is 7.05 Å². The second kappa shape index (κ2) is 9.04. The minimum Gasteiger partial charge on any atom is -0.494 e. The quantitative estimate of drug-likeness (QED) is 0.233. The Bertz CT molecular complexity index is 1350. The van der Waals surface area contributed by atoms with Gasteiger partial charge in [-0.05, 0) is 63.2 Å². The van der Waals surface area contributed by atoms with Gasteiger partial charge in [0, 0.05) is 24.0 Å². The van der Waals surface area contributed by atoms with Gasteiger partial charge in [-0.15, -0.1) is 0 Å². The molecule has 32 heavy (non-hydrogen) atoms. The van der Waals surface area contributed by atoms with Gasteiger partial charge in [0.25, 0.3) is 5.56 Å². The lowest BCUT2D eigenvalue weighted by Crippen LogP contribution is -2.22. The highest BCUT2D eigenvalue weighted by Gasteiger charge is 2.18. The van der Waals surface area contributed by atoms with Gasteiger partial charge in [0.2, 0.25) is 0 Å². The van der Waals surface area contributed by atoms with E-state index in [9.17, 15) is 9.59 Å². The molecule has 0 fully saturated rings. The van der Waals surface area contributed by atoms with Crippen LogP contribution >= 0.6 is 11.8 Å². The van der Waals surface area contributed by atoms with E-state index in [1.807, 2.05) is 80.9 Å². The number of ether oxygens (including phenoxy) is 1. The largest absolute Gasteiger partial charge is 0.494 e. The van der Waals surface area contributed by atoms with Crippen LogP contribution in [0.3, 0.4) is 0 Å². The summed E-state index contributed by atoms with van der Waals surface area (Å²) in [6.07, 6.45) is 0. The van der Waals surface area contributed by atoms with Gasteiger partial charge in [0.15, 0.2) is 10.9 Å². The molecule has 4 rings (SSSR count). The molecule has 2 aromatic carbocycles. The number of aryl methyl sites for hydroxylation is 1. The van der Waals surface area contributed by atoms with Crippen molar-refractivity contribution in [3.8, 4) is 11.4 Å². The molecule has 0 spiro atoms. The van der Waals surface area contributed by atoms with E-state index in [1.165, 1.54) is 11.8 Å². The van der Waals surface area contributed by atoms with E-state index in [0.717, 1.165) is 17.1 Å². The lowest BCUT2D eigenvalue weighted by molar-refractivity contribution is 0.102. The molecule has 7 heteroatoms. The number of carbonyl (C=O) groups is 1. The Balaban J connectivity index is 1.74. The number of benzene rings is 2. The minimum absolute atomic E-state index is 0.0110. The average Bonchev–Trinajstić information content (AvgIpc) is 3.06. The molecule has 0 saturated heterocycles. The lowest BCUT2D eigenvalue weighted by atomic mass is 10.2. The van der Waals surface area contributed by atoms with Crippen LogP contribution in [0.15, 0.2) is 64.5 Å². The molecule has 0 unspecified atom stereocenters. The van der Waals surface area contributed by atoms with Crippen molar-refractivity contribution in [3.05, 3.63) is 81.9 Å². The first-order valence-electron chi connectivity index (χ1n) is 10.4. The molecular formula is C25H25N3O3S. The zero-order valence-corrected chi connectivity index (χ0v) is 19.4. The Labute approximate surface area is 190 Å². The number of para-hydroxylation sites is 1. The topological polar surface area (TPSA) is 66.1 Å². The number of hydrogen-bond donors (Lipinski definition) is 0. The van der Waals surface area contributed by atoms with Crippen molar-refractivity contribution in [2.75, 3.05) is 12.4 Å². The third-order valence-electron chi connectivity index (χ3n) is 5.56. The maximum atomic E-state index is 13.4. The summed E-state index contributed by atoms with van der Waals surface area (Å²) in [5.41, 5.74) is 3.80. The van der Waals surface area contributed by atoms with Crippen LogP contribution in [0.4, 0.5) is 0 Å². The van der Waals surface area contributed by atoms with Gasteiger partial charge in [-0.25, -0.2) is 4.98 Å². The van der Waals surface area contributed by atoms with Crippen molar-refractivity contribution >= 4 is 28.4 Å². The van der Waals surface area contributed by atoms with Crippen LogP contribution in [0.25, 0.3) is 16.6 Å². The molecule has 0 saturated carbocycles. The summed E-state index contributed by atoms with van der Waals surface area (Å²) in [5, 5.41) is 1.02. The predicted molar refractivity (Wildman–Crippen MR) is 128 cm³/mol. The number of hydrogen-bond acceptors (Lipinski definition) is 5. The van der Waals surface area contributed by atoms with Crippen molar-refractivity contribution in [1.29, 1.82) is 0 Å². The fourth-order valence-electron chi connectivity index (χ4n) is 3.64. The van der Waals surface area contributed by atoms with Crippen LogP contribution in [0.2, 0.25) is 0 Å². The van der Waals surface area contributed by atoms with Crippen LogP contribution in [-0.4, -0.2) is 32.3 Å². The highest BCUT2D eigenvalue weighted by Crippen LogP contribution is 2.24. The zero-order chi connectivity index (χ0) is 22.8. The Morgan fingerprint density at radius 3 is 2.47 bits per heavy atom. The number of rotatable bonds is 7. The van der Waals surface area contributed by atoms with E-state index in [0.29, 0.717) is 33.9 Å². The molecule has 0 aliphatic rings. The molecule has 6 nitrogen and oxygen atoms in total. The molecule has 0 atom stereocenters. The van der Waals surface area contributed by atoms with E-state index >= 15 is 0 Å². The van der Waals surface area contributed by atoms with E-state index < -0.39 is 0 Å². The maximum absolute atomic E-state index is 13.4. The number of aromatic nitrogens is 3. The fraction of sp³-hybridized carbons (Fsp3) is 0.240. The summed E-state index contributed by atoms with van der Waals surface area (Å²) < 4.78 is 9.09. The summed E-state index contributed by atoms with van der Waals surface area (Å²) in [6.45, 7) is 6.41. The van der Waals surface area contributed by atoms with Crippen molar-refractivity contribution in [3.63, 3.8) is 0 Å². The molecule has 0 aliphatic heterocycles. The van der Waals surface area contributed by atoms with Gasteiger partial charge >= 0.3 is 0 Å². The number of ketones is 1. The van der Waals surface area contributed by atoms with Gasteiger partial charge < -0.3 is 9.30 Å². The van der Waals surface area contributed by atoms with Crippen LogP contribution in [0.5, 0.6) is 5.75 Å². The molecular weight excluding hydrogens is 422 g/mol. The Morgan fingerprint density at radius 1 is 1.09 bits per heavy atom. The van der Waals surface area contributed by atoms with Crippen molar-refractivity contribution < 1.29 is 9.53 Å². The summed E-state index contributed by atoms with van der Waals surface area (Å²) in [4.78, 5) is 31.0. The number of thioether (sulfide) groups is 1. The van der Waals surface area contributed by atoms with Crippen LogP contribution < -0.4 is 10.3 Å². The average molecular weight is 448 g/mol. The summed E-state index contributed by atoms with van der Waals surface area (Å²) >= 11 is 1.27. The van der Waals surface area contributed by atoms with Crippen LogP contribution in [0.1, 0.15) is 28.7 Å². The molecule has 4 aromatic rings. The van der Waals surface area contributed by atoms with Crippen molar-refractivity contribution in [2.45, 2.75) is 25.9 Å². The number of carbonyl (C=O) groups excluding carboxylic acids is 1. The van der Waals surface area contributed by atoms with Gasteiger partial charge in [0.05, 0.1) is 29.0 Å². The predicted octanol–water partition coefficient (Wildman–Crippen LogP) is 4.71. The molecule has 2 heterocycles. The smallest absolute Gasteiger partial charge is 0.266 e. The summed E-state index contributed by atoms with van der Waals surface area (Å²) in [5.74, 6) is 0.931. The molecule has 0 bridgehead atoms. The molecule has 164 valence electrons. The van der Waals surface area contributed by atoms with Crippen LogP contribution in [-0.2, 0) is 7.05 Å². The second-order valence-corrected chi connectivity index (χ2v) is 8.48. The first-order chi connectivity index (χ1) is 15.4. The van der Waals surface area contributed by atoms with Gasteiger partial charge in [-0.3, -0.25) is 14.2 Å². The standard InChI is InChI=1S/C25H25N3O3S/c1-5-31-19-12-10-18(11-13-19)28-24(30)20-8-6-7-9-22(20)26-25(28)32-15-23(29)21-14-16(2)27(4)17(21)3/h6-14H,5,15H2,1-4H3.